The molecule has 2 unspecified atom stereocenters. The van der Waals surface area contributed by atoms with Crippen molar-refractivity contribution in [3.05, 3.63) is 60.2 Å². The summed E-state index contributed by atoms with van der Waals surface area (Å²) in [5.74, 6) is -0.191. The van der Waals surface area contributed by atoms with Crippen molar-refractivity contribution in [2.45, 2.75) is 24.7 Å². The third kappa shape index (κ3) is 3.40. The fourth-order valence-electron chi connectivity index (χ4n) is 3.10. The molecule has 3 heterocycles. The number of nitrogens with zero attached hydrogens (tertiary/aromatic N) is 2. The second-order valence-corrected chi connectivity index (χ2v) is 6.37. The van der Waals surface area contributed by atoms with Gasteiger partial charge in [0.1, 0.15) is 17.3 Å². The van der Waals surface area contributed by atoms with Gasteiger partial charge in [0.25, 0.3) is 5.91 Å². The summed E-state index contributed by atoms with van der Waals surface area (Å²) in [6, 6.07) is 7.56. The summed E-state index contributed by atoms with van der Waals surface area (Å²) in [5.41, 5.74) is 0.215. The molecule has 1 amide bonds. The Balaban J connectivity index is 1.63. The van der Waals surface area contributed by atoms with Gasteiger partial charge in [-0.3, -0.25) is 4.79 Å². The number of alkyl halides is 3. The largest absolute Gasteiger partial charge is 0.508 e. The van der Waals surface area contributed by atoms with Crippen LogP contribution in [0.3, 0.4) is 0 Å². The number of furan rings is 1. The number of halogens is 3. The fourth-order valence-corrected chi connectivity index (χ4v) is 3.10. The Morgan fingerprint density at radius 1 is 1.29 bits per heavy atom. The molecule has 0 aliphatic carbocycles. The van der Waals surface area contributed by atoms with Gasteiger partial charge in [-0.25, -0.2) is 4.68 Å². The Morgan fingerprint density at radius 3 is 2.68 bits per heavy atom. The molecule has 2 aromatic heterocycles. The van der Waals surface area contributed by atoms with Crippen molar-refractivity contribution in [3.63, 3.8) is 0 Å². The number of amides is 1. The maximum Gasteiger partial charge on any atom is 0.410 e. The molecule has 0 fully saturated rings. The SMILES string of the molecule is O=C(Nc1ccc(O)cc1)c1cc2n(n1)C(C(F)(F)F)CC(c1ccco1)N2. The van der Waals surface area contributed by atoms with Gasteiger partial charge >= 0.3 is 6.18 Å². The highest BCUT2D eigenvalue weighted by Gasteiger charge is 2.47. The molecule has 1 aliphatic heterocycles. The van der Waals surface area contributed by atoms with Crippen molar-refractivity contribution in [1.29, 1.82) is 0 Å². The molecule has 3 aromatic rings. The minimum absolute atomic E-state index is 0.0247. The third-order valence-corrected chi connectivity index (χ3v) is 4.43. The number of anilines is 2. The number of phenolic OH excluding ortho intramolecular Hbond substituents is 1. The van der Waals surface area contributed by atoms with Gasteiger partial charge in [-0.15, -0.1) is 0 Å². The van der Waals surface area contributed by atoms with Gasteiger partial charge in [-0.1, -0.05) is 0 Å². The van der Waals surface area contributed by atoms with E-state index in [1.807, 2.05) is 0 Å². The Labute approximate surface area is 156 Å². The van der Waals surface area contributed by atoms with Crippen molar-refractivity contribution >= 4 is 17.4 Å². The molecule has 1 aromatic carbocycles. The first-order valence-electron chi connectivity index (χ1n) is 8.38. The van der Waals surface area contributed by atoms with Crippen LogP contribution in [0.4, 0.5) is 24.7 Å². The van der Waals surface area contributed by atoms with E-state index in [-0.39, 0.29) is 23.7 Å². The summed E-state index contributed by atoms with van der Waals surface area (Å²) in [7, 11) is 0. The third-order valence-electron chi connectivity index (χ3n) is 4.43. The molecule has 2 atom stereocenters. The molecule has 0 bridgehead atoms. The Hall–Kier alpha value is -3.43. The van der Waals surface area contributed by atoms with Gasteiger partial charge in [0, 0.05) is 18.2 Å². The van der Waals surface area contributed by atoms with Crippen molar-refractivity contribution in [1.82, 2.24) is 9.78 Å². The number of hydrogen-bond donors (Lipinski definition) is 3. The Bertz CT molecular complexity index is 981. The van der Waals surface area contributed by atoms with E-state index < -0.39 is 24.2 Å². The minimum Gasteiger partial charge on any atom is -0.508 e. The number of carbonyl (C=O) groups excluding carboxylic acids is 1. The molecule has 7 nitrogen and oxygen atoms in total. The molecule has 0 radical (unpaired) electrons. The van der Waals surface area contributed by atoms with Crippen LogP contribution in [0.15, 0.2) is 53.1 Å². The molecule has 0 saturated carbocycles. The second kappa shape index (κ2) is 6.63. The highest BCUT2D eigenvalue weighted by Crippen LogP contribution is 2.43. The fraction of sp³-hybridized carbons (Fsp3) is 0.222. The van der Waals surface area contributed by atoms with Crippen LogP contribution in [-0.2, 0) is 0 Å². The van der Waals surface area contributed by atoms with Crippen molar-refractivity contribution in [2.75, 3.05) is 10.6 Å². The van der Waals surface area contributed by atoms with Gasteiger partial charge in [-0.2, -0.15) is 18.3 Å². The molecule has 0 spiro atoms. The minimum atomic E-state index is -4.54. The molecule has 1 aliphatic rings. The zero-order valence-corrected chi connectivity index (χ0v) is 14.3. The standard InChI is InChI=1S/C18H15F3N4O3/c19-18(20,21)15-8-12(14-2-1-7-28-14)23-16-9-13(24-25(15)16)17(27)22-10-3-5-11(26)6-4-10/h1-7,9,12,15,23,26H,8H2,(H,22,27). The lowest BCUT2D eigenvalue weighted by atomic mass is 10.0. The molecule has 28 heavy (non-hydrogen) atoms. The van der Waals surface area contributed by atoms with Crippen molar-refractivity contribution in [3.8, 4) is 5.75 Å². The summed E-state index contributed by atoms with van der Waals surface area (Å²) in [6.45, 7) is 0. The van der Waals surface area contributed by atoms with E-state index in [1.165, 1.54) is 36.6 Å². The number of carbonyl (C=O) groups is 1. The van der Waals surface area contributed by atoms with Gasteiger partial charge in [0.05, 0.1) is 12.3 Å². The zero-order chi connectivity index (χ0) is 19.9. The van der Waals surface area contributed by atoms with Crippen molar-refractivity contribution < 1.29 is 27.5 Å². The molecule has 4 rings (SSSR count). The molecular weight excluding hydrogens is 377 g/mol. The zero-order valence-electron chi connectivity index (χ0n) is 14.3. The summed E-state index contributed by atoms with van der Waals surface area (Å²) in [4.78, 5) is 12.4. The quantitative estimate of drug-likeness (QED) is 0.584. The maximum absolute atomic E-state index is 13.6. The molecule has 0 saturated heterocycles. The average Bonchev–Trinajstić information content (AvgIpc) is 3.31. The smallest absolute Gasteiger partial charge is 0.410 e. The summed E-state index contributed by atoms with van der Waals surface area (Å²) < 4.78 is 46.8. The predicted molar refractivity (Wildman–Crippen MR) is 93.1 cm³/mol. The number of hydrogen-bond acceptors (Lipinski definition) is 5. The van der Waals surface area contributed by atoms with Crippen LogP contribution < -0.4 is 10.6 Å². The monoisotopic (exact) mass is 392 g/mol. The van der Waals surface area contributed by atoms with Crippen LogP contribution in [0.5, 0.6) is 5.75 Å². The van der Waals surface area contributed by atoms with E-state index in [4.69, 9.17) is 4.42 Å². The van der Waals surface area contributed by atoms with E-state index in [0.29, 0.717) is 11.4 Å². The van der Waals surface area contributed by atoms with Crippen LogP contribution in [0.2, 0.25) is 0 Å². The average molecular weight is 392 g/mol. The second-order valence-electron chi connectivity index (χ2n) is 6.37. The summed E-state index contributed by atoms with van der Waals surface area (Å²) in [5, 5.41) is 18.6. The molecule has 10 heteroatoms. The highest BCUT2D eigenvalue weighted by molar-refractivity contribution is 6.03. The lowest BCUT2D eigenvalue weighted by molar-refractivity contribution is -0.174. The van der Waals surface area contributed by atoms with Gasteiger partial charge in [-0.05, 0) is 36.4 Å². The first-order valence-corrected chi connectivity index (χ1v) is 8.38. The van der Waals surface area contributed by atoms with E-state index in [1.54, 1.807) is 12.1 Å². The van der Waals surface area contributed by atoms with Gasteiger partial charge in [0.15, 0.2) is 11.7 Å². The lowest BCUT2D eigenvalue weighted by Gasteiger charge is -2.32. The number of nitrogens with one attached hydrogen (secondary N) is 2. The van der Waals surface area contributed by atoms with Crippen LogP contribution in [0.25, 0.3) is 0 Å². The van der Waals surface area contributed by atoms with Crippen LogP contribution in [0.1, 0.15) is 34.8 Å². The topological polar surface area (TPSA) is 92.3 Å². The molecular formula is C18H15F3N4O3. The number of fused-ring (bicyclic) bond motifs is 1. The first-order chi connectivity index (χ1) is 13.3. The summed E-state index contributed by atoms with van der Waals surface area (Å²) >= 11 is 0. The van der Waals surface area contributed by atoms with E-state index in [9.17, 15) is 23.1 Å². The molecule has 3 N–H and O–H groups in total. The van der Waals surface area contributed by atoms with E-state index in [2.05, 4.69) is 15.7 Å². The van der Waals surface area contributed by atoms with Gasteiger partial charge < -0.3 is 20.2 Å². The van der Waals surface area contributed by atoms with Gasteiger partial charge in [0.2, 0.25) is 0 Å². The highest BCUT2D eigenvalue weighted by atomic mass is 19.4. The number of aromatic nitrogens is 2. The van der Waals surface area contributed by atoms with Crippen LogP contribution in [-0.4, -0.2) is 27.0 Å². The van der Waals surface area contributed by atoms with E-state index >= 15 is 0 Å². The van der Waals surface area contributed by atoms with E-state index in [0.717, 1.165) is 4.68 Å². The number of rotatable bonds is 3. The predicted octanol–water partition coefficient (Wildman–Crippen LogP) is 4.09. The number of phenols is 1. The van der Waals surface area contributed by atoms with Crippen molar-refractivity contribution in [2.24, 2.45) is 0 Å². The Morgan fingerprint density at radius 2 is 2.04 bits per heavy atom. The first kappa shape index (κ1) is 18.0. The number of benzene rings is 1. The Kier molecular flexibility index (Phi) is 4.25. The normalized spacial score (nSPS) is 19.0. The molecule has 146 valence electrons. The maximum atomic E-state index is 13.6. The van der Waals surface area contributed by atoms with Crippen LogP contribution >= 0.6 is 0 Å². The lowest BCUT2D eigenvalue weighted by Crippen LogP contribution is -2.35. The summed E-state index contributed by atoms with van der Waals surface area (Å²) in [6.07, 6.45) is -3.47. The van der Waals surface area contributed by atoms with Crippen LogP contribution in [0, 0.1) is 0 Å². The number of aromatic hydroxyl groups is 1.